The van der Waals surface area contributed by atoms with Crippen molar-refractivity contribution in [1.29, 1.82) is 0 Å². The normalized spacial score (nSPS) is 11.4. The van der Waals surface area contributed by atoms with E-state index in [-0.39, 0.29) is 18.2 Å². The van der Waals surface area contributed by atoms with Gasteiger partial charge in [0.1, 0.15) is 11.4 Å². The Bertz CT molecular complexity index is 572. The summed E-state index contributed by atoms with van der Waals surface area (Å²) in [5.41, 5.74) is 4.84. The lowest BCUT2D eigenvalue weighted by Gasteiger charge is -2.13. The molecule has 1 aromatic heterocycles. The van der Waals surface area contributed by atoms with E-state index >= 15 is 0 Å². The molecule has 100 valence electrons. The molecule has 1 heterocycles. The average molecular weight is 269 g/mol. The molecule has 0 aliphatic rings. The number of nitrogens with zero attached hydrogens (tertiary/aromatic N) is 2. The molecule has 0 amide bonds. The van der Waals surface area contributed by atoms with Gasteiger partial charge in [-0.2, -0.15) is 13.2 Å². The summed E-state index contributed by atoms with van der Waals surface area (Å²) in [4.78, 5) is 7.73. The Morgan fingerprint density at radius 1 is 1.11 bits per heavy atom. The largest absolute Gasteiger partial charge is 0.437 e. The van der Waals surface area contributed by atoms with E-state index in [4.69, 9.17) is 10.5 Å². The van der Waals surface area contributed by atoms with Crippen LogP contribution in [0.1, 0.15) is 11.3 Å². The van der Waals surface area contributed by atoms with E-state index in [9.17, 15) is 13.2 Å². The lowest BCUT2D eigenvalue weighted by molar-refractivity contribution is -0.138. The fourth-order valence-corrected chi connectivity index (χ4v) is 1.47. The van der Waals surface area contributed by atoms with Crippen LogP contribution in [0.2, 0.25) is 0 Å². The number of benzene rings is 1. The Morgan fingerprint density at radius 3 is 2.47 bits per heavy atom. The van der Waals surface area contributed by atoms with Crippen molar-refractivity contribution in [2.24, 2.45) is 5.73 Å². The Kier molecular flexibility index (Phi) is 3.66. The number of nitrogens with two attached hydrogens (primary N) is 1. The van der Waals surface area contributed by atoms with Crippen molar-refractivity contribution in [3.8, 4) is 11.6 Å². The monoisotopic (exact) mass is 269 g/mol. The molecule has 1 aromatic carbocycles. The third-order valence-corrected chi connectivity index (χ3v) is 2.33. The molecule has 0 radical (unpaired) electrons. The molecule has 4 nitrogen and oxygen atoms in total. The van der Waals surface area contributed by atoms with E-state index in [1.165, 1.54) is 30.6 Å². The van der Waals surface area contributed by atoms with Crippen LogP contribution in [0.4, 0.5) is 13.2 Å². The van der Waals surface area contributed by atoms with Crippen LogP contribution in [-0.4, -0.2) is 9.97 Å². The Labute approximate surface area is 107 Å². The van der Waals surface area contributed by atoms with Crippen molar-refractivity contribution in [3.05, 3.63) is 47.9 Å². The summed E-state index contributed by atoms with van der Waals surface area (Å²) in [5.74, 6) is -0.355. The molecule has 19 heavy (non-hydrogen) atoms. The van der Waals surface area contributed by atoms with Crippen molar-refractivity contribution in [3.63, 3.8) is 0 Å². The molecule has 0 spiro atoms. The fraction of sp³-hybridized carbons (Fsp3) is 0.167. The van der Waals surface area contributed by atoms with E-state index in [1.54, 1.807) is 0 Å². The van der Waals surface area contributed by atoms with E-state index in [0.29, 0.717) is 5.69 Å². The first-order valence-corrected chi connectivity index (χ1v) is 5.36. The van der Waals surface area contributed by atoms with Gasteiger partial charge < -0.3 is 10.5 Å². The Balaban J connectivity index is 2.39. The zero-order valence-corrected chi connectivity index (χ0v) is 9.69. The molecule has 7 heteroatoms. The van der Waals surface area contributed by atoms with Crippen molar-refractivity contribution in [2.45, 2.75) is 12.7 Å². The van der Waals surface area contributed by atoms with Gasteiger partial charge in [-0.15, -0.1) is 0 Å². The van der Waals surface area contributed by atoms with E-state index in [2.05, 4.69) is 9.97 Å². The van der Waals surface area contributed by atoms with Gasteiger partial charge in [-0.25, -0.2) is 4.98 Å². The number of para-hydroxylation sites is 1. The molecule has 0 aliphatic carbocycles. The lowest BCUT2D eigenvalue weighted by atomic mass is 10.2. The van der Waals surface area contributed by atoms with Gasteiger partial charge in [0.05, 0.1) is 5.56 Å². The molecule has 0 aliphatic heterocycles. The topological polar surface area (TPSA) is 61.0 Å². The number of ether oxygens (including phenoxy) is 1. The highest BCUT2D eigenvalue weighted by molar-refractivity contribution is 5.38. The first kappa shape index (κ1) is 13.3. The SMILES string of the molecule is NCc1nccnc1Oc1ccccc1C(F)(F)F. The van der Waals surface area contributed by atoms with Crippen LogP contribution in [0.25, 0.3) is 0 Å². The molecule has 2 rings (SSSR count). The summed E-state index contributed by atoms with van der Waals surface area (Å²) >= 11 is 0. The van der Waals surface area contributed by atoms with Crippen LogP contribution in [0.3, 0.4) is 0 Å². The fourth-order valence-electron chi connectivity index (χ4n) is 1.47. The summed E-state index contributed by atoms with van der Waals surface area (Å²) in [6.45, 7) is 0.0252. The molecule has 0 fully saturated rings. The van der Waals surface area contributed by atoms with Crippen LogP contribution >= 0.6 is 0 Å². The molecule has 2 aromatic rings. The van der Waals surface area contributed by atoms with Crippen LogP contribution in [-0.2, 0) is 12.7 Å². The summed E-state index contributed by atoms with van der Waals surface area (Å²) < 4.78 is 43.6. The predicted octanol–water partition coefficient (Wildman–Crippen LogP) is 2.75. The first-order chi connectivity index (χ1) is 9.02. The van der Waals surface area contributed by atoms with Crippen molar-refractivity contribution >= 4 is 0 Å². The van der Waals surface area contributed by atoms with Crippen LogP contribution in [0.5, 0.6) is 11.6 Å². The predicted molar refractivity (Wildman–Crippen MR) is 61.4 cm³/mol. The molecular weight excluding hydrogens is 259 g/mol. The minimum absolute atomic E-state index is 0.0252. The molecule has 0 unspecified atom stereocenters. The van der Waals surface area contributed by atoms with Gasteiger partial charge in [-0.3, -0.25) is 4.98 Å². The zero-order valence-electron chi connectivity index (χ0n) is 9.69. The van der Waals surface area contributed by atoms with Gasteiger partial charge in [0.25, 0.3) is 0 Å². The number of rotatable bonds is 3. The highest BCUT2D eigenvalue weighted by Gasteiger charge is 2.34. The Morgan fingerprint density at radius 2 is 1.79 bits per heavy atom. The van der Waals surface area contributed by atoms with E-state index in [1.807, 2.05) is 0 Å². The highest BCUT2D eigenvalue weighted by atomic mass is 19.4. The van der Waals surface area contributed by atoms with Gasteiger partial charge in [0.15, 0.2) is 0 Å². The van der Waals surface area contributed by atoms with Crippen molar-refractivity contribution in [1.82, 2.24) is 9.97 Å². The standard InChI is InChI=1S/C12H10F3N3O/c13-12(14,15)8-3-1-2-4-10(8)19-11-9(7-16)17-5-6-18-11/h1-6H,7,16H2. The average Bonchev–Trinajstić information content (AvgIpc) is 2.39. The third-order valence-electron chi connectivity index (χ3n) is 2.33. The second kappa shape index (κ2) is 5.23. The van der Waals surface area contributed by atoms with Crippen molar-refractivity contribution in [2.75, 3.05) is 0 Å². The number of halogens is 3. The minimum Gasteiger partial charge on any atom is -0.437 e. The molecule has 2 N–H and O–H groups in total. The van der Waals surface area contributed by atoms with E-state index < -0.39 is 11.7 Å². The second-order valence-electron chi connectivity index (χ2n) is 3.61. The molecule has 0 saturated carbocycles. The van der Waals surface area contributed by atoms with Gasteiger partial charge in [0.2, 0.25) is 5.88 Å². The van der Waals surface area contributed by atoms with Crippen LogP contribution in [0.15, 0.2) is 36.7 Å². The number of hydrogen-bond donors (Lipinski definition) is 1. The van der Waals surface area contributed by atoms with Gasteiger partial charge >= 0.3 is 6.18 Å². The first-order valence-electron chi connectivity index (χ1n) is 5.36. The maximum absolute atomic E-state index is 12.8. The smallest absolute Gasteiger partial charge is 0.419 e. The quantitative estimate of drug-likeness (QED) is 0.930. The highest BCUT2D eigenvalue weighted by Crippen LogP contribution is 2.37. The third kappa shape index (κ3) is 3.00. The maximum atomic E-state index is 12.8. The number of hydrogen-bond acceptors (Lipinski definition) is 4. The van der Waals surface area contributed by atoms with Crippen molar-refractivity contribution < 1.29 is 17.9 Å². The summed E-state index contributed by atoms with van der Waals surface area (Å²) in [6, 6.07) is 4.89. The van der Waals surface area contributed by atoms with Crippen LogP contribution in [0, 0.1) is 0 Å². The molecule has 0 bridgehead atoms. The van der Waals surface area contributed by atoms with E-state index in [0.717, 1.165) is 6.07 Å². The zero-order chi connectivity index (χ0) is 13.9. The number of alkyl halides is 3. The summed E-state index contributed by atoms with van der Waals surface area (Å²) in [6.07, 6.45) is -1.78. The second-order valence-corrected chi connectivity index (χ2v) is 3.61. The Hall–Kier alpha value is -2.15. The minimum atomic E-state index is -4.50. The van der Waals surface area contributed by atoms with Gasteiger partial charge in [0, 0.05) is 18.9 Å². The number of aromatic nitrogens is 2. The maximum Gasteiger partial charge on any atom is 0.419 e. The van der Waals surface area contributed by atoms with Crippen LogP contribution < -0.4 is 10.5 Å². The lowest BCUT2D eigenvalue weighted by Crippen LogP contribution is -2.09. The van der Waals surface area contributed by atoms with Gasteiger partial charge in [-0.1, -0.05) is 12.1 Å². The molecule has 0 atom stereocenters. The summed E-state index contributed by atoms with van der Waals surface area (Å²) in [7, 11) is 0. The molecular formula is C12H10F3N3O. The van der Waals surface area contributed by atoms with Gasteiger partial charge in [-0.05, 0) is 12.1 Å². The molecule has 0 saturated heterocycles. The summed E-state index contributed by atoms with van der Waals surface area (Å²) in [5, 5.41) is 0.